The van der Waals surface area contributed by atoms with Crippen LogP contribution in [-0.4, -0.2) is 27.3 Å². The summed E-state index contributed by atoms with van der Waals surface area (Å²) in [5, 5.41) is 0. The summed E-state index contributed by atoms with van der Waals surface area (Å²) in [7, 11) is 0. The number of aromatic nitrogens is 2. The minimum absolute atomic E-state index is 0.0854. The fraction of sp³-hybridized carbons (Fsp3) is 0.261. The van der Waals surface area contributed by atoms with Gasteiger partial charge >= 0.3 is 0 Å². The van der Waals surface area contributed by atoms with Crippen LogP contribution >= 0.6 is 0 Å². The zero-order chi connectivity index (χ0) is 19.3. The maximum atomic E-state index is 12.6. The molecule has 1 aromatic heterocycles. The zero-order valence-corrected chi connectivity index (χ0v) is 15.7. The van der Waals surface area contributed by atoms with E-state index in [4.69, 9.17) is 0 Å². The largest absolute Gasteiger partial charge is 0.338 e. The van der Waals surface area contributed by atoms with Gasteiger partial charge in [-0.05, 0) is 17.5 Å². The van der Waals surface area contributed by atoms with E-state index in [0.29, 0.717) is 50.2 Å². The minimum Gasteiger partial charge on any atom is -0.338 e. The van der Waals surface area contributed by atoms with Crippen LogP contribution in [-0.2, 0) is 30.6 Å². The van der Waals surface area contributed by atoms with Crippen LogP contribution < -0.4 is 5.56 Å². The van der Waals surface area contributed by atoms with Gasteiger partial charge in [-0.15, -0.1) is 0 Å². The first-order chi connectivity index (χ1) is 13.7. The number of fused-ring (bicyclic) bond motifs is 1. The van der Waals surface area contributed by atoms with E-state index < -0.39 is 0 Å². The van der Waals surface area contributed by atoms with Gasteiger partial charge in [0.15, 0.2) is 0 Å². The number of hydrogen-bond donors (Lipinski definition) is 1. The number of carbonyl (C=O) groups is 1. The summed E-state index contributed by atoms with van der Waals surface area (Å²) in [6, 6.07) is 20.0. The summed E-state index contributed by atoms with van der Waals surface area (Å²) in [6.45, 7) is 0.957. The minimum atomic E-state index is -0.128. The molecule has 1 amide bonds. The summed E-state index contributed by atoms with van der Waals surface area (Å²) in [6.07, 6.45) is 2.39. The highest BCUT2D eigenvalue weighted by atomic mass is 16.2. The normalized spacial score (nSPS) is 13.2. The number of aromatic amines is 1. The molecule has 0 radical (unpaired) electrons. The second-order valence-corrected chi connectivity index (χ2v) is 7.15. The Labute approximate surface area is 164 Å². The molecule has 0 spiro atoms. The lowest BCUT2D eigenvalue weighted by molar-refractivity contribution is -0.132. The molecule has 0 atom stereocenters. The monoisotopic (exact) mass is 373 g/mol. The molecule has 5 nitrogen and oxygen atoms in total. The molecule has 28 heavy (non-hydrogen) atoms. The Kier molecular flexibility index (Phi) is 5.33. The van der Waals surface area contributed by atoms with E-state index in [0.717, 1.165) is 16.8 Å². The second kappa shape index (κ2) is 8.21. The van der Waals surface area contributed by atoms with Gasteiger partial charge in [-0.1, -0.05) is 60.7 Å². The van der Waals surface area contributed by atoms with Crippen LogP contribution in [0.25, 0.3) is 0 Å². The highest BCUT2D eigenvalue weighted by Crippen LogP contribution is 2.16. The highest BCUT2D eigenvalue weighted by Gasteiger charge is 2.24. The number of nitrogens with one attached hydrogen (secondary N) is 1. The predicted molar refractivity (Wildman–Crippen MR) is 108 cm³/mol. The Hall–Kier alpha value is -3.21. The molecule has 1 N–H and O–H groups in total. The van der Waals surface area contributed by atoms with Crippen molar-refractivity contribution in [3.8, 4) is 0 Å². The van der Waals surface area contributed by atoms with Crippen LogP contribution in [0.5, 0.6) is 0 Å². The van der Waals surface area contributed by atoms with Gasteiger partial charge in [0.05, 0.1) is 17.8 Å². The SMILES string of the molecule is O=C(CCc1ccccc1)N1CCc2nc(Cc3ccccc3)[nH]c(=O)c2C1. The van der Waals surface area contributed by atoms with Gasteiger partial charge in [-0.25, -0.2) is 4.98 Å². The molecule has 0 aliphatic carbocycles. The number of rotatable bonds is 5. The standard InChI is InChI=1S/C23H23N3O2/c27-22(12-11-17-7-3-1-4-8-17)26-14-13-20-19(16-26)23(28)25-21(24-20)15-18-9-5-2-6-10-18/h1-10H,11-16H2,(H,24,25,28). The van der Waals surface area contributed by atoms with Crippen molar-refractivity contribution >= 4 is 5.91 Å². The molecule has 142 valence electrons. The van der Waals surface area contributed by atoms with Gasteiger partial charge < -0.3 is 9.88 Å². The van der Waals surface area contributed by atoms with Crippen LogP contribution in [0.1, 0.15) is 34.6 Å². The smallest absolute Gasteiger partial charge is 0.256 e. The molecular formula is C23H23N3O2. The van der Waals surface area contributed by atoms with Gasteiger partial charge in [0.25, 0.3) is 5.56 Å². The number of aryl methyl sites for hydroxylation is 1. The van der Waals surface area contributed by atoms with Crippen LogP contribution in [0.4, 0.5) is 0 Å². The van der Waals surface area contributed by atoms with E-state index >= 15 is 0 Å². The zero-order valence-electron chi connectivity index (χ0n) is 15.7. The summed E-state index contributed by atoms with van der Waals surface area (Å²) in [5.74, 6) is 0.765. The third-order valence-electron chi connectivity index (χ3n) is 5.16. The van der Waals surface area contributed by atoms with E-state index in [9.17, 15) is 9.59 Å². The third-order valence-corrected chi connectivity index (χ3v) is 5.16. The van der Waals surface area contributed by atoms with Gasteiger partial charge in [0, 0.05) is 25.8 Å². The second-order valence-electron chi connectivity index (χ2n) is 7.15. The highest BCUT2D eigenvalue weighted by molar-refractivity contribution is 5.76. The molecular weight excluding hydrogens is 350 g/mol. The average Bonchev–Trinajstić information content (AvgIpc) is 2.73. The molecule has 0 bridgehead atoms. The first-order valence-corrected chi connectivity index (χ1v) is 9.65. The van der Waals surface area contributed by atoms with E-state index in [-0.39, 0.29) is 11.5 Å². The van der Waals surface area contributed by atoms with Crippen LogP contribution in [0, 0.1) is 0 Å². The first-order valence-electron chi connectivity index (χ1n) is 9.65. The molecule has 5 heteroatoms. The lowest BCUT2D eigenvalue weighted by atomic mass is 10.0. The molecule has 4 rings (SSSR count). The van der Waals surface area contributed by atoms with Crippen molar-refractivity contribution in [1.82, 2.24) is 14.9 Å². The quantitative estimate of drug-likeness (QED) is 0.748. The van der Waals surface area contributed by atoms with Crippen LogP contribution in [0.2, 0.25) is 0 Å². The van der Waals surface area contributed by atoms with Gasteiger partial charge in [-0.3, -0.25) is 9.59 Å². The number of benzene rings is 2. The number of hydrogen-bond acceptors (Lipinski definition) is 3. The van der Waals surface area contributed by atoms with Crippen molar-refractivity contribution in [3.05, 3.63) is 99.2 Å². The Balaban J connectivity index is 1.43. The molecule has 0 saturated carbocycles. The van der Waals surface area contributed by atoms with Crippen molar-refractivity contribution in [2.24, 2.45) is 0 Å². The maximum Gasteiger partial charge on any atom is 0.256 e. The van der Waals surface area contributed by atoms with E-state index in [1.165, 1.54) is 0 Å². The molecule has 2 aromatic carbocycles. The molecule has 0 unspecified atom stereocenters. The number of nitrogens with zero attached hydrogens (tertiary/aromatic N) is 2. The third kappa shape index (κ3) is 4.19. The topological polar surface area (TPSA) is 66.1 Å². The lowest BCUT2D eigenvalue weighted by Crippen LogP contribution is -2.40. The number of amides is 1. The van der Waals surface area contributed by atoms with Crippen LogP contribution in [0.3, 0.4) is 0 Å². The summed E-state index contributed by atoms with van der Waals surface area (Å²) in [5.41, 5.74) is 3.58. The number of carbonyl (C=O) groups excluding carboxylic acids is 1. The van der Waals surface area contributed by atoms with Crippen molar-refractivity contribution < 1.29 is 4.79 Å². The molecule has 0 saturated heterocycles. The summed E-state index contributed by atoms with van der Waals surface area (Å²) < 4.78 is 0. The van der Waals surface area contributed by atoms with E-state index in [1.807, 2.05) is 60.7 Å². The van der Waals surface area contributed by atoms with E-state index in [2.05, 4.69) is 9.97 Å². The fourth-order valence-electron chi connectivity index (χ4n) is 3.62. The summed E-state index contributed by atoms with van der Waals surface area (Å²) in [4.78, 5) is 34.5. The molecule has 3 aromatic rings. The Morgan fingerprint density at radius 3 is 2.39 bits per heavy atom. The van der Waals surface area contributed by atoms with Gasteiger partial charge in [0.2, 0.25) is 5.91 Å². The van der Waals surface area contributed by atoms with Gasteiger partial charge in [-0.2, -0.15) is 0 Å². The lowest BCUT2D eigenvalue weighted by Gasteiger charge is -2.28. The van der Waals surface area contributed by atoms with Crippen molar-refractivity contribution in [1.29, 1.82) is 0 Å². The summed E-state index contributed by atoms with van der Waals surface area (Å²) >= 11 is 0. The molecule has 1 aliphatic rings. The van der Waals surface area contributed by atoms with Crippen molar-refractivity contribution in [3.63, 3.8) is 0 Å². The van der Waals surface area contributed by atoms with E-state index in [1.54, 1.807) is 4.90 Å². The maximum absolute atomic E-state index is 12.6. The van der Waals surface area contributed by atoms with Crippen LogP contribution in [0.15, 0.2) is 65.5 Å². The Bertz CT molecular complexity index is 1010. The molecule has 2 heterocycles. The predicted octanol–water partition coefficient (Wildman–Crippen LogP) is 2.88. The van der Waals surface area contributed by atoms with Crippen molar-refractivity contribution in [2.45, 2.75) is 32.2 Å². The molecule has 1 aliphatic heterocycles. The van der Waals surface area contributed by atoms with Crippen molar-refractivity contribution in [2.75, 3.05) is 6.54 Å². The fourth-order valence-corrected chi connectivity index (χ4v) is 3.62. The first kappa shape index (κ1) is 18.2. The van der Waals surface area contributed by atoms with Gasteiger partial charge in [0.1, 0.15) is 5.82 Å². The average molecular weight is 373 g/mol. The number of H-pyrrole nitrogens is 1. The molecule has 0 fully saturated rings. The Morgan fingerprint density at radius 1 is 1.00 bits per heavy atom. The Morgan fingerprint density at radius 2 is 1.68 bits per heavy atom.